The molecular weight excluding hydrogens is 679 g/mol. The van der Waals surface area contributed by atoms with Crippen molar-refractivity contribution in [2.75, 3.05) is 4.90 Å². The van der Waals surface area contributed by atoms with Gasteiger partial charge in [0.25, 0.3) is 0 Å². The molecule has 2 nitrogen and oxygen atoms in total. The van der Waals surface area contributed by atoms with Crippen LogP contribution < -0.4 is 4.90 Å². The Balaban J connectivity index is 1.18. The van der Waals surface area contributed by atoms with Crippen molar-refractivity contribution < 1.29 is 4.42 Å². The van der Waals surface area contributed by atoms with Crippen molar-refractivity contribution in [3.63, 3.8) is 0 Å². The summed E-state index contributed by atoms with van der Waals surface area (Å²) in [5, 5.41) is 2.25. The molecule has 0 saturated heterocycles. The second kappa shape index (κ2) is 11.9. The molecule has 268 valence electrons. The van der Waals surface area contributed by atoms with E-state index in [0.29, 0.717) is 0 Å². The molecule has 1 heterocycles. The molecule has 9 aromatic rings. The maximum Gasteiger partial charge on any atom is 0.135 e. The lowest BCUT2D eigenvalue weighted by Crippen LogP contribution is -2.16. The number of furan rings is 1. The fraction of sp³-hybridized carbons (Fsp3) is 0.111. The van der Waals surface area contributed by atoms with Crippen molar-refractivity contribution in [3.8, 4) is 44.5 Å². The summed E-state index contributed by atoms with van der Waals surface area (Å²) in [6.07, 6.45) is 0. The number of hydrogen-bond acceptors (Lipinski definition) is 2. The van der Waals surface area contributed by atoms with Crippen molar-refractivity contribution in [1.82, 2.24) is 0 Å². The van der Waals surface area contributed by atoms with Gasteiger partial charge in [-0.15, -0.1) is 0 Å². The number of para-hydroxylation sites is 3. The molecule has 2 aliphatic carbocycles. The summed E-state index contributed by atoms with van der Waals surface area (Å²) < 4.78 is 6.28. The van der Waals surface area contributed by atoms with E-state index < -0.39 is 0 Å². The number of hydrogen-bond donors (Lipinski definition) is 0. The van der Waals surface area contributed by atoms with Crippen LogP contribution in [0.4, 0.5) is 17.1 Å². The van der Waals surface area contributed by atoms with E-state index in [-0.39, 0.29) is 10.8 Å². The summed E-state index contributed by atoms with van der Waals surface area (Å²) in [5.74, 6) is 0. The SMILES string of the molecule is CC1(C)c2ccccc2-c2cc(-c3ccccc3N(c3ccccc3-c3ccc4oc5ccccc5c4c3)c3cccc4c3-c3ccccc3C4(C)C)ccc21. The zero-order valence-electron chi connectivity index (χ0n) is 32.1. The normalized spacial score (nSPS) is 14.4. The van der Waals surface area contributed by atoms with E-state index in [1.54, 1.807) is 0 Å². The van der Waals surface area contributed by atoms with Gasteiger partial charge in [0.2, 0.25) is 0 Å². The van der Waals surface area contributed by atoms with Crippen LogP contribution in [0, 0.1) is 0 Å². The number of fused-ring (bicyclic) bond motifs is 9. The van der Waals surface area contributed by atoms with Crippen molar-refractivity contribution in [2.24, 2.45) is 0 Å². The maximum absolute atomic E-state index is 6.28. The lowest BCUT2D eigenvalue weighted by atomic mass is 9.82. The van der Waals surface area contributed by atoms with Crippen LogP contribution in [0.3, 0.4) is 0 Å². The highest BCUT2D eigenvalue weighted by Gasteiger charge is 2.39. The lowest BCUT2D eigenvalue weighted by molar-refractivity contribution is 0.660. The molecule has 0 bridgehead atoms. The van der Waals surface area contributed by atoms with Crippen LogP contribution in [0.25, 0.3) is 66.4 Å². The Morgan fingerprint density at radius 1 is 0.357 bits per heavy atom. The minimum absolute atomic E-state index is 0.0544. The van der Waals surface area contributed by atoms with Crippen molar-refractivity contribution in [3.05, 3.63) is 198 Å². The average Bonchev–Trinajstić information content (AvgIpc) is 3.81. The van der Waals surface area contributed by atoms with Crippen LogP contribution in [-0.2, 0) is 10.8 Å². The molecule has 0 atom stereocenters. The topological polar surface area (TPSA) is 16.4 Å². The second-order valence-electron chi connectivity index (χ2n) is 16.5. The molecule has 0 radical (unpaired) electrons. The molecule has 0 amide bonds. The van der Waals surface area contributed by atoms with E-state index >= 15 is 0 Å². The van der Waals surface area contributed by atoms with E-state index in [1.165, 1.54) is 61.3 Å². The van der Waals surface area contributed by atoms with E-state index in [2.05, 4.69) is 202 Å². The van der Waals surface area contributed by atoms with Crippen molar-refractivity contribution in [1.29, 1.82) is 0 Å². The lowest BCUT2D eigenvalue weighted by Gasteiger charge is -2.32. The Morgan fingerprint density at radius 2 is 0.857 bits per heavy atom. The van der Waals surface area contributed by atoms with Gasteiger partial charge in [-0.2, -0.15) is 0 Å². The summed E-state index contributed by atoms with van der Waals surface area (Å²) in [4.78, 5) is 2.53. The number of benzene rings is 8. The van der Waals surface area contributed by atoms with Gasteiger partial charge in [-0.1, -0.05) is 161 Å². The Morgan fingerprint density at radius 3 is 1.61 bits per heavy atom. The zero-order valence-corrected chi connectivity index (χ0v) is 32.1. The van der Waals surface area contributed by atoms with Crippen LogP contribution >= 0.6 is 0 Å². The molecular formula is C54H41NO. The third kappa shape index (κ3) is 4.62. The maximum atomic E-state index is 6.28. The number of nitrogens with zero attached hydrogens (tertiary/aromatic N) is 1. The van der Waals surface area contributed by atoms with Gasteiger partial charge in [0, 0.05) is 38.3 Å². The summed E-state index contributed by atoms with van der Waals surface area (Å²) in [6.45, 7) is 9.43. The molecule has 11 rings (SSSR count). The van der Waals surface area contributed by atoms with Crippen LogP contribution in [0.2, 0.25) is 0 Å². The minimum Gasteiger partial charge on any atom is -0.456 e. The first-order chi connectivity index (χ1) is 27.3. The summed E-state index contributed by atoms with van der Waals surface area (Å²) in [6, 6.07) is 64.7. The predicted molar refractivity (Wildman–Crippen MR) is 234 cm³/mol. The van der Waals surface area contributed by atoms with Crippen molar-refractivity contribution >= 4 is 39.0 Å². The highest BCUT2D eigenvalue weighted by atomic mass is 16.3. The molecule has 56 heavy (non-hydrogen) atoms. The van der Waals surface area contributed by atoms with Gasteiger partial charge in [-0.3, -0.25) is 0 Å². The monoisotopic (exact) mass is 719 g/mol. The van der Waals surface area contributed by atoms with Crippen LogP contribution in [0.5, 0.6) is 0 Å². The summed E-state index contributed by atoms with van der Waals surface area (Å²) in [5.41, 5.74) is 20.4. The fourth-order valence-electron chi connectivity index (χ4n) is 9.92. The first-order valence-corrected chi connectivity index (χ1v) is 19.7. The average molecular weight is 720 g/mol. The smallest absolute Gasteiger partial charge is 0.135 e. The first kappa shape index (κ1) is 32.8. The van der Waals surface area contributed by atoms with Crippen LogP contribution in [0.15, 0.2) is 180 Å². The van der Waals surface area contributed by atoms with E-state index in [0.717, 1.165) is 44.4 Å². The van der Waals surface area contributed by atoms with Crippen LogP contribution in [-0.4, -0.2) is 0 Å². The molecule has 2 heteroatoms. The minimum atomic E-state index is -0.139. The summed E-state index contributed by atoms with van der Waals surface area (Å²) >= 11 is 0. The Labute approximate surface area is 328 Å². The molecule has 0 saturated carbocycles. The van der Waals surface area contributed by atoms with E-state index in [1.807, 2.05) is 6.07 Å². The van der Waals surface area contributed by atoms with E-state index in [9.17, 15) is 0 Å². The molecule has 0 aliphatic heterocycles. The van der Waals surface area contributed by atoms with Crippen LogP contribution in [0.1, 0.15) is 49.9 Å². The molecule has 8 aromatic carbocycles. The summed E-state index contributed by atoms with van der Waals surface area (Å²) in [7, 11) is 0. The largest absolute Gasteiger partial charge is 0.456 e. The van der Waals surface area contributed by atoms with Gasteiger partial charge in [0.1, 0.15) is 11.2 Å². The highest BCUT2D eigenvalue weighted by molar-refractivity contribution is 6.07. The molecule has 2 aliphatic rings. The molecule has 1 aromatic heterocycles. The second-order valence-corrected chi connectivity index (χ2v) is 16.5. The van der Waals surface area contributed by atoms with Crippen molar-refractivity contribution in [2.45, 2.75) is 38.5 Å². The molecule has 0 spiro atoms. The number of anilines is 3. The predicted octanol–water partition coefficient (Wildman–Crippen LogP) is 15.0. The van der Waals surface area contributed by atoms with Gasteiger partial charge < -0.3 is 9.32 Å². The quantitative estimate of drug-likeness (QED) is 0.176. The Hall–Kier alpha value is -6.64. The van der Waals surface area contributed by atoms with Gasteiger partial charge in [-0.25, -0.2) is 0 Å². The van der Waals surface area contributed by atoms with Gasteiger partial charge in [0.15, 0.2) is 0 Å². The van der Waals surface area contributed by atoms with Gasteiger partial charge in [-0.05, 0) is 92.5 Å². The Bertz CT molecular complexity index is 3050. The standard InChI is InChI=1S/C54H41NO/c1-53(2)43-21-10-5-18-38(43)41-32-34(28-30-45(41)53)36-16-7-12-24-47(36)55(49-26-15-23-46-52(49)40-20-6-11-22-44(40)54(46,3)4)48-25-13-8-17-37(48)35-29-31-51-42(33-35)39-19-9-14-27-50(39)56-51/h5-33H,1-4H3. The zero-order chi connectivity index (χ0) is 37.8. The molecule has 0 N–H and O–H groups in total. The first-order valence-electron chi connectivity index (χ1n) is 19.7. The van der Waals surface area contributed by atoms with Gasteiger partial charge >= 0.3 is 0 Å². The Kier molecular flexibility index (Phi) is 6.98. The fourth-order valence-corrected chi connectivity index (χ4v) is 9.92. The third-order valence-corrected chi connectivity index (χ3v) is 12.7. The molecule has 0 unspecified atom stereocenters. The highest BCUT2D eigenvalue weighted by Crippen LogP contribution is 2.56. The van der Waals surface area contributed by atoms with Gasteiger partial charge in [0.05, 0.1) is 17.1 Å². The number of rotatable bonds is 5. The van der Waals surface area contributed by atoms with E-state index in [4.69, 9.17) is 4.42 Å². The molecule has 0 fully saturated rings. The third-order valence-electron chi connectivity index (χ3n) is 12.7.